The number of rotatable bonds is 8. The number of hydrogen-bond acceptors (Lipinski definition) is 4. The molecule has 0 aliphatic heterocycles. The van der Waals surface area contributed by atoms with Gasteiger partial charge < -0.3 is 5.32 Å². The second-order valence-electron chi connectivity index (χ2n) is 7.48. The molecule has 0 amide bonds. The van der Waals surface area contributed by atoms with Crippen molar-refractivity contribution in [3.63, 3.8) is 0 Å². The van der Waals surface area contributed by atoms with E-state index in [1.165, 1.54) is 0 Å². The Kier molecular flexibility index (Phi) is 7.83. The van der Waals surface area contributed by atoms with Crippen LogP contribution >= 0.6 is 31.9 Å². The zero-order chi connectivity index (χ0) is 23.9. The molecular weight excluding hydrogens is 556 g/mol. The summed E-state index contributed by atoms with van der Waals surface area (Å²) < 4.78 is 1.81. The van der Waals surface area contributed by atoms with Crippen molar-refractivity contribution in [2.45, 2.75) is 6.04 Å². The van der Waals surface area contributed by atoms with Gasteiger partial charge in [-0.2, -0.15) is 0 Å². The van der Waals surface area contributed by atoms with Gasteiger partial charge in [-0.25, -0.2) is 4.99 Å². The van der Waals surface area contributed by atoms with E-state index in [1.807, 2.05) is 48.5 Å². The highest BCUT2D eigenvalue weighted by Crippen LogP contribution is 2.22. The molecule has 1 N–H and O–H groups in total. The van der Waals surface area contributed by atoms with Crippen LogP contribution < -0.4 is 5.32 Å². The third-order valence-corrected chi connectivity index (χ3v) is 6.15. The zero-order valence-corrected chi connectivity index (χ0v) is 21.2. The predicted octanol–water partition coefficient (Wildman–Crippen LogP) is 7.53. The van der Waals surface area contributed by atoms with E-state index < -0.39 is 6.04 Å². The lowest BCUT2D eigenvalue weighted by Crippen LogP contribution is -2.42. The van der Waals surface area contributed by atoms with E-state index in [2.05, 4.69) is 37.2 Å². The summed E-state index contributed by atoms with van der Waals surface area (Å²) >= 11 is 6.86. The molecule has 0 heterocycles. The number of anilines is 1. The Labute approximate surface area is 215 Å². The Morgan fingerprint density at radius 2 is 1.15 bits per heavy atom. The van der Waals surface area contributed by atoms with Crippen molar-refractivity contribution >= 4 is 60.5 Å². The minimum atomic E-state index is -1.00. The molecule has 1 unspecified atom stereocenters. The number of carbonyl (C=O) groups excluding carboxylic acids is 2. The molecular formula is C28H20Br2N2O2. The Hall–Kier alpha value is -3.35. The lowest BCUT2D eigenvalue weighted by molar-refractivity contribution is 0.0975. The van der Waals surface area contributed by atoms with Crippen LogP contribution in [0.1, 0.15) is 20.7 Å². The first-order valence-corrected chi connectivity index (χ1v) is 12.1. The van der Waals surface area contributed by atoms with Gasteiger partial charge in [-0.15, -0.1) is 0 Å². The predicted molar refractivity (Wildman–Crippen MR) is 144 cm³/mol. The molecule has 4 nitrogen and oxygen atoms in total. The van der Waals surface area contributed by atoms with Crippen molar-refractivity contribution in [1.29, 1.82) is 0 Å². The minimum Gasteiger partial charge on any atom is -0.370 e. The van der Waals surface area contributed by atoms with Crippen LogP contribution in [0.3, 0.4) is 0 Å². The van der Waals surface area contributed by atoms with Crippen molar-refractivity contribution in [3.05, 3.63) is 129 Å². The molecule has 4 aromatic carbocycles. The van der Waals surface area contributed by atoms with E-state index >= 15 is 0 Å². The van der Waals surface area contributed by atoms with Crippen molar-refractivity contribution in [2.24, 2.45) is 4.99 Å². The average Bonchev–Trinajstić information content (AvgIpc) is 2.88. The summed E-state index contributed by atoms with van der Waals surface area (Å²) in [5.41, 5.74) is 2.33. The third-order valence-electron chi connectivity index (χ3n) is 5.09. The van der Waals surface area contributed by atoms with Gasteiger partial charge in [-0.1, -0.05) is 92.5 Å². The number of hydrogen-bond donors (Lipinski definition) is 1. The summed E-state index contributed by atoms with van der Waals surface area (Å²) in [6, 6.07) is 31.5. The van der Waals surface area contributed by atoms with Crippen LogP contribution in [-0.4, -0.2) is 23.3 Å². The molecule has 0 fully saturated rings. The summed E-state index contributed by atoms with van der Waals surface area (Å²) in [5.74, 6) is -0.564. The molecule has 168 valence electrons. The second-order valence-corrected chi connectivity index (χ2v) is 9.31. The first-order valence-electron chi connectivity index (χ1n) is 10.6. The molecule has 0 saturated heterocycles. The molecule has 34 heavy (non-hydrogen) atoms. The van der Waals surface area contributed by atoms with Crippen LogP contribution in [0.25, 0.3) is 0 Å². The Morgan fingerprint density at radius 1 is 0.647 bits per heavy atom. The molecule has 6 heteroatoms. The summed E-state index contributed by atoms with van der Waals surface area (Å²) in [6.45, 7) is 0. The van der Waals surface area contributed by atoms with Crippen LogP contribution in [0.5, 0.6) is 0 Å². The highest BCUT2D eigenvalue weighted by Gasteiger charge is 2.31. The first-order chi connectivity index (χ1) is 16.5. The van der Waals surface area contributed by atoms with Crippen LogP contribution in [0.4, 0.5) is 11.4 Å². The normalized spacial score (nSPS) is 12.1. The molecule has 0 saturated carbocycles. The van der Waals surface area contributed by atoms with Gasteiger partial charge in [-0.05, 0) is 48.5 Å². The topological polar surface area (TPSA) is 58.5 Å². The summed E-state index contributed by atoms with van der Waals surface area (Å²) in [4.78, 5) is 32.1. The lowest BCUT2D eigenvalue weighted by Gasteiger charge is -2.21. The van der Waals surface area contributed by atoms with Crippen LogP contribution in [-0.2, 0) is 0 Å². The molecule has 0 spiro atoms. The highest BCUT2D eigenvalue weighted by molar-refractivity contribution is 9.10. The number of nitrogens with zero attached hydrogens (tertiary/aromatic N) is 1. The SMILES string of the molecule is O=C(C(=Nc1ccc(Br)cc1)C(Nc1ccc(Br)cc1)C(=O)c1ccccc1)c1ccccc1. The molecule has 0 aliphatic carbocycles. The molecule has 4 aromatic rings. The lowest BCUT2D eigenvalue weighted by atomic mass is 9.94. The van der Waals surface area contributed by atoms with E-state index in [0.717, 1.165) is 8.95 Å². The molecule has 4 rings (SSSR count). The van der Waals surface area contributed by atoms with Gasteiger partial charge in [0.05, 0.1) is 5.69 Å². The van der Waals surface area contributed by atoms with Crippen LogP contribution in [0.15, 0.2) is 123 Å². The quantitative estimate of drug-likeness (QED) is 0.174. The van der Waals surface area contributed by atoms with E-state index in [1.54, 1.807) is 60.7 Å². The fourth-order valence-corrected chi connectivity index (χ4v) is 3.91. The third kappa shape index (κ3) is 5.95. The van der Waals surface area contributed by atoms with E-state index in [-0.39, 0.29) is 17.3 Å². The summed E-state index contributed by atoms with van der Waals surface area (Å²) in [6.07, 6.45) is 0. The van der Waals surface area contributed by atoms with E-state index in [0.29, 0.717) is 22.5 Å². The van der Waals surface area contributed by atoms with Crippen LogP contribution in [0.2, 0.25) is 0 Å². The van der Waals surface area contributed by atoms with Gasteiger partial charge in [-0.3, -0.25) is 9.59 Å². The van der Waals surface area contributed by atoms with E-state index in [4.69, 9.17) is 4.99 Å². The maximum absolute atomic E-state index is 13.7. The Balaban J connectivity index is 1.85. The number of Topliss-reactive ketones (excluding diaryl/α,β-unsaturated/α-hetero) is 2. The number of ketones is 2. The second kappa shape index (κ2) is 11.2. The van der Waals surface area contributed by atoms with Gasteiger partial charge in [0.2, 0.25) is 5.78 Å². The molecule has 0 bridgehead atoms. The fraction of sp³-hybridized carbons (Fsp3) is 0.0357. The van der Waals surface area contributed by atoms with Gasteiger partial charge in [0.1, 0.15) is 11.8 Å². The summed E-state index contributed by atoms with van der Waals surface area (Å²) in [7, 11) is 0. The average molecular weight is 576 g/mol. The molecule has 0 radical (unpaired) electrons. The monoisotopic (exact) mass is 574 g/mol. The maximum Gasteiger partial charge on any atom is 0.209 e. The van der Waals surface area contributed by atoms with Gasteiger partial charge in [0.15, 0.2) is 5.78 Å². The smallest absolute Gasteiger partial charge is 0.209 e. The van der Waals surface area contributed by atoms with Crippen molar-refractivity contribution in [1.82, 2.24) is 0 Å². The molecule has 0 aromatic heterocycles. The molecule has 0 aliphatic rings. The summed E-state index contributed by atoms with van der Waals surface area (Å²) in [5, 5.41) is 3.26. The highest BCUT2D eigenvalue weighted by atomic mass is 79.9. The van der Waals surface area contributed by atoms with Crippen LogP contribution in [0, 0.1) is 0 Å². The molecule has 1 atom stereocenters. The fourth-order valence-electron chi connectivity index (χ4n) is 3.38. The Bertz CT molecular complexity index is 1300. The van der Waals surface area contributed by atoms with Crippen molar-refractivity contribution in [2.75, 3.05) is 5.32 Å². The largest absolute Gasteiger partial charge is 0.370 e. The minimum absolute atomic E-state index is 0.116. The Morgan fingerprint density at radius 3 is 1.71 bits per heavy atom. The van der Waals surface area contributed by atoms with Crippen molar-refractivity contribution in [3.8, 4) is 0 Å². The maximum atomic E-state index is 13.7. The zero-order valence-electron chi connectivity index (χ0n) is 18.0. The number of halogens is 2. The van der Waals surface area contributed by atoms with Gasteiger partial charge >= 0.3 is 0 Å². The number of aliphatic imine (C=N–C) groups is 1. The number of carbonyl (C=O) groups is 2. The standard InChI is InChI=1S/C28H20Br2N2O2/c29-21-11-15-23(16-12-21)31-25(27(33)19-7-3-1-4-8-19)26(28(34)20-9-5-2-6-10-20)32-24-17-13-22(30)14-18-24/h1-18,25,31H. The van der Waals surface area contributed by atoms with Gasteiger partial charge in [0.25, 0.3) is 0 Å². The van der Waals surface area contributed by atoms with Crippen molar-refractivity contribution < 1.29 is 9.59 Å². The number of benzene rings is 4. The number of nitrogens with one attached hydrogen (secondary N) is 1. The first kappa shape index (κ1) is 23.8. The van der Waals surface area contributed by atoms with E-state index in [9.17, 15) is 9.59 Å². The van der Waals surface area contributed by atoms with Gasteiger partial charge in [0, 0.05) is 25.8 Å².